The van der Waals surface area contributed by atoms with Crippen molar-refractivity contribution in [1.82, 2.24) is 14.8 Å². The summed E-state index contributed by atoms with van der Waals surface area (Å²) in [6.45, 7) is 5.45. The molecule has 2 N–H and O–H groups in total. The Labute approximate surface area is 155 Å². The number of Topliss-reactive ketones (excluding diaryl/α,β-unsaturated/α-hetero) is 1. The minimum Gasteiger partial charge on any atom is -0.326 e. The van der Waals surface area contributed by atoms with Crippen LogP contribution in [0.1, 0.15) is 50.0 Å². The van der Waals surface area contributed by atoms with Gasteiger partial charge in [0, 0.05) is 23.2 Å². The van der Waals surface area contributed by atoms with Crippen molar-refractivity contribution in [2.24, 2.45) is 5.92 Å². The largest absolute Gasteiger partial charge is 0.344 e. The number of benzene rings is 1. The van der Waals surface area contributed by atoms with Crippen molar-refractivity contribution in [3.8, 4) is 0 Å². The molecular formula is C18H22N4O3S. The molecule has 1 aromatic carbocycles. The van der Waals surface area contributed by atoms with E-state index in [4.69, 9.17) is 0 Å². The molecule has 138 valence electrons. The SMILES string of the molecule is CC(C)C(=O)Nc1ccc(C(=O)C(C)Sc2n[nH]c(=O)n2C2CC2)cc1. The van der Waals surface area contributed by atoms with Crippen molar-refractivity contribution < 1.29 is 9.59 Å². The van der Waals surface area contributed by atoms with Gasteiger partial charge in [-0.15, -0.1) is 5.10 Å². The Morgan fingerprint density at radius 1 is 1.23 bits per heavy atom. The van der Waals surface area contributed by atoms with Crippen molar-refractivity contribution in [1.29, 1.82) is 0 Å². The zero-order valence-electron chi connectivity index (χ0n) is 15.0. The maximum Gasteiger partial charge on any atom is 0.344 e. The van der Waals surface area contributed by atoms with Gasteiger partial charge in [-0.25, -0.2) is 9.89 Å². The van der Waals surface area contributed by atoms with Crippen molar-refractivity contribution in [2.45, 2.75) is 50.1 Å². The maximum absolute atomic E-state index is 12.7. The third-order valence-electron chi connectivity index (χ3n) is 4.20. The molecule has 3 rings (SSSR count). The number of nitrogens with zero attached hydrogens (tertiary/aromatic N) is 2. The summed E-state index contributed by atoms with van der Waals surface area (Å²) in [4.78, 5) is 36.2. The van der Waals surface area contributed by atoms with Crippen LogP contribution in [0.3, 0.4) is 0 Å². The highest BCUT2D eigenvalue weighted by atomic mass is 32.2. The minimum absolute atomic E-state index is 0.0467. The Balaban J connectivity index is 1.67. The van der Waals surface area contributed by atoms with Crippen LogP contribution in [0, 0.1) is 5.92 Å². The molecule has 1 aliphatic carbocycles. The number of anilines is 1. The number of thioether (sulfide) groups is 1. The number of aromatic nitrogens is 3. The highest BCUT2D eigenvalue weighted by Crippen LogP contribution is 2.37. The van der Waals surface area contributed by atoms with Gasteiger partial charge in [0.15, 0.2) is 10.9 Å². The van der Waals surface area contributed by atoms with Crippen molar-refractivity contribution in [3.63, 3.8) is 0 Å². The number of carbonyl (C=O) groups excluding carboxylic acids is 2. The molecule has 1 amide bonds. The standard InChI is InChI=1S/C18H22N4O3S/c1-10(2)16(24)19-13-6-4-12(5-7-13)15(23)11(3)26-18-21-20-17(25)22(18)14-8-9-14/h4-7,10-11,14H,8-9H2,1-3H3,(H,19,24)(H,20,25). The number of nitrogens with one attached hydrogen (secondary N) is 2. The van der Waals surface area contributed by atoms with Crippen LogP contribution < -0.4 is 11.0 Å². The van der Waals surface area contributed by atoms with E-state index in [9.17, 15) is 14.4 Å². The summed E-state index contributed by atoms with van der Waals surface area (Å²) in [6.07, 6.45) is 1.94. The topological polar surface area (TPSA) is 96.8 Å². The average Bonchev–Trinajstić information content (AvgIpc) is 3.38. The molecule has 8 heteroatoms. The summed E-state index contributed by atoms with van der Waals surface area (Å²) in [5.41, 5.74) is 0.999. The Hall–Kier alpha value is -2.35. The molecule has 0 radical (unpaired) electrons. The quantitative estimate of drug-likeness (QED) is 0.574. The van der Waals surface area contributed by atoms with Crippen LogP contribution in [-0.2, 0) is 4.79 Å². The smallest absolute Gasteiger partial charge is 0.326 e. The van der Waals surface area contributed by atoms with Crippen LogP contribution in [0.5, 0.6) is 0 Å². The van der Waals surface area contributed by atoms with Gasteiger partial charge >= 0.3 is 5.69 Å². The normalized spacial score (nSPS) is 15.1. The van der Waals surface area contributed by atoms with Crippen LogP contribution in [0.2, 0.25) is 0 Å². The molecule has 1 heterocycles. The summed E-state index contributed by atoms with van der Waals surface area (Å²) in [7, 11) is 0. The van der Waals surface area contributed by atoms with E-state index in [0.717, 1.165) is 12.8 Å². The monoisotopic (exact) mass is 374 g/mol. The number of amides is 1. The van der Waals surface area contributed by atoms with Gasteiger partial charge in [-0.2, -0.15) is 0 Å². The van der Waals surface area contributed by atoms with Gasteiger partial charge in [0.25, 0.3) is 0 Å². The summed E-state index contributed by atoms with van der Waals surface area (Å²) < 4.78 is 1.64. The first kappa shape index (κ1) is 18.4. The molecule has 0 aliphatic heterocycles. The fourth-order valence-corrected chi connectivity index (χ4v) is 3.48. The van der Waals surface area contributed by atoms with Gasteiger partial charge < -0.3 is 5.32 Å². The molecule has 7 nitrogen and oxygen atoms in total. The van der Waals surface area contributed by atoms with E-state index in [1.165, 1.54) is 11.8 Å². The lowest BCUT2D eigenvalue weighted by molar-refractivity contribution is -0.118. The van der Waals surface area contributed by atoms with Crippen molar-refractivity contribution >= 4 is 29.1 Å². The van der Waals surface area contributed by atoms with Crippen LogP contribution in [0.15, 0.2) is 34.2 Å². The highest BCUT2D eigenvalue weighted by Gasteiger charge is 2.30. The van der Waals surface area contributed by atoms with E-state index >= 15 is 0 Å². The number of rotatable bonds is 7. The Morgan fingerprint density at radius 3 is 2.46 bits per heavy atom. The molecular weight excluding hydrogens is 352 g/mol. The summed E-state index contributed by atoms with van der Waals surface area (Å²) in [5, 5.41) is 9.48. The minimum atomic E-state index is -0.376. The van der Waals surface area contributed by atoms with Gasteiger partial charge in [-0.1, -0.05) is 25.6 Å². The summed E-state index contributed by atoms with van der Waals surface area (Å²) in [6, 6.07) is 7.05. The number of aromatic amines is 1. The Morgan fingerprint density at radius 2 is 1.88 bits per heavy atom. The summed E-state index contributed by atoms with van der Waals surface area (Å²) >= 11 is 1.28. The maximum atomic E-state index is 12.7. The Bertz CT molecular complexity index is 865. The molecule has 1 saturated carbocycles. The molecule has 1 aliphatic rings. The van der Waals surface area contributed by atoms with Gasteiger partial charge in [0.1, 0.15) is 0 Å². The van der Waals surface area contributed by atoms with Crippen LogP contribution in [0.25, 0.3) is 0 Å². The second-order valence-electron chi connectivity index (χ2n) is 6.76. The van der Waals surface area contributed by atoms with Crippen molar-refractivity contribution in [3.05, 3.63) is 40.3 Å². The fraction of sp³-hybridized carbons (Fsp3) is 0.444. The van der Waals surface area contributed by atoms with Crippen LogP contribution >= 0.6 is 11.8 Å². The molecule has 26 heavy (non-hydrogen) atoms. The first-order chi connectivity index (χ1) is 12.4. The second-order valence-corrected chi connectivity index (χ2v) is 8.07. The Kier molecular flexibility index (Phi) is 5.31. The molecule has 1 aromatic heterocycles. The number of hydrogen-bond donors (Lipinski definition) is 2. The van der Waals surface area contributed by atoms with Crippen molar-refractivity contribution in [2.75, 3.05) is 5.32 Å². The third-order valence-corrected chi connectivity index (χ3v) is 5.26. The lowest BCUT2D eigenvalue weighted by Crippen LogP contribution is -2.19. The van der Waals surface area contributed by atoms with E-state index in [0.29, 0.717) is 16.4 Å². The second kappa shape index (κ2) is 7.49. The predicted octanol–water partition coefficient (Wildman–Crippen LogP) is 2.86. The number of hydrogen-bond acceptors (Lipinski definition) is 5. The van der Waals surface area contributed by atoms with E-state index in [2.05, 4.69) is 15.5 Å². The van der Waals surface area contributed by atoms with Crippen LogP contribution in [0.4, 0.5) is 5.69 Å². The molecule has 0 saturated heterocycles. The van der Waals surface area contributed by atoms with E-state index in [1.807, 2.05) is 13.8 Å². The first-order valence-electron chi connectivity index (χ1n) is 8.65. The van der Waals surface area contributed by atoms with E-state index in [-0.39, 0.29) is 34.6 Å². The molecule has 2 aromatic rings. The highest BCUT2D eigenvalue weighted by molar-refractivity contribution is 8.00. The number of H-pyrrole nitrogens is 1. The number of carbonyl (C=O) groups is 2. The fourth-order valence-electron chi connectivity index (χ4n) is 2.48. The van der Waals surface area contributed by atoms with Gasteiger partial charge in [0.05, 0.1) is 5.25 Å². The summed E-state index contributed by atoms with van der Waals surface area (Å²) in [5.74, 6) is -0.218. The van der Waals surface area contributed by atoms with E-state index < -0.39 is 0 Å². The van der Waals surface area contributed by atoms with Gasteiger partial charge in [-0.05, 0) is 44.0 Å². The number of ketones is 1. The van der Waals surface area contributed by atoms with Gasteiger partial charge in [-0.3, -0.25) is 14.2 Å². The predicted molar refractivity (Wildman–Crippen MR) is 101 cm³/mol. The van der Waals surface area contributed by atoms with Crippen LogP contribution in [-0.4, -0.2) is 31.7 Å². The zero-order chi connectivity index (χ0) is 18.8. The third kappa shape index (κ3) is 4.07. The average molecular weight is 374 g/mol. The molecule has 0 bridgehead atoms. The molecule has 1 atom stereocenters. The first-order valence-corrected chi connectivity index (χ1v) is 9.53. The lowest BCUT2D eigenvalue weighted by atomic mass is 10.1. The lowest BCUT2D eigenvalue weighted by Gasteiger charge is -2.11. The molecule has 1 unspecified atom stereocenters. The molecule has 1 fully saturated rings. The van der Waals surface area contributed by atoms with E-state index in [1.54, 1.807) is 35.8 Å². The zero-order valence-corrected chi connectivity index (χ0v) is 15.8. The van der Waals surface area contributed by atoms with Gasteiger partial charge in [0.2, 0.25) is 5.91 Å². The molecule has 0 spiro atoms.